The summed E-state index contributed by atoms with van der Waals surface area (Å²) >= 11 is 0. The van der Waals surface area contributed by atoms with Crippen LogP contribution in [0.25, 0.3) is 11.0 Å². The summed E-state index contributed by atoms with van der Waals surface area (Å²) in [6, 6.07) is 4.90. The van der Waals surface area contributed by atoms with E-state index in [0.29, 0.717) is 6.04 Å². The second-order valence-corrected chi connectivity index (χ2v) is 4.40. The Hall–Kier alpha value is -1.51. The van der Waals surface area contributed by atoms with Crippen LogP contribution in [-0.2, 0) is 13.5 Å². The molecule has 1 aromatic carbocycles. The van der Waals surface area contributed by atoms with Crippen LogP contribution in [0, 0.1) is 0 Å². The minimum Gasteiger partial charge on any atom is -0.382 e. The van der Waals surface area contributed by atoms with Crippen LogP contribution < -0.4 is 5.32 Å². The van der Waals surface area contributed by atoms with Crippen molar-refractivity contribution in [2.24, 2.45) is 7.05 Å². The van der Waals surface area contributed by atoms with Gasteiger partial charge in [-0.2, -0.15) is 0 Å². The highest BCUT2D eigenvalue weighted by Crippen LogP contribution is 2.30. The number of nitrogens with one attached hydrogen (secondary N) is 1. The van der Waals surface area contributed by atoms with Crippen LogP contribution in [0.1, 0.15) is 18.9 Å². The van der Waals surface area contributed by atoms with Crippen molar-refractivity contribution in [3.05, 3.63) is 24.0 Å². The predicted molar refractivity (Wildman–Crippen MR) is 62.1 cm³/mol. The van der Waals surface area contributed by atoms with Gasteiger partial charge in [0.2, 0.25) is 0 Å². The van der Waals surface area contributed by atoms with Crippen LogP contribution in [0.4, 0.5) is 5.69 Å². The molecule has 0 fully saturated rings. The first-order chi connectivity index (χ1) is 7.25. The van der Waals surface area contributed by atoms with E-state index in [-0.39, 0.29) is 0 Å². The van der Waals surface area contributed by atoms with Gasteiger partial charge in [-0.1, -0.05) is 0 Å². The van der Waals surface area contributed by atoms with Gasteiger partial charge in [-0.05, 0) is 31.9 Å². The summed E-state index contributed by atoms with van der Waals surface area (Å²) in [5.74, 6) is 0. The Labute approximate surface area is 89.1 Å². The van der Waals surface area contributed by atoms with Crippen LogP contribution in [0.3, 0.4) is 0 Å². The molecule has 0 saturated heterocycles. The Kier molecular flexibility index (Phi) is 1.75. The molecule has 1 N–H and O–H groups in total. The normalized spacial score (nSPS) is 20.0. The molecule has 15 heavy (non-hydrogen) atoms. The van der Waals surface area contributed by atoms with E-state index in [1.54, 1.807) is 0 Å². The Bertz CT molecular complexity index is 513. The van der Waals surface area contributed by atoms with Gasteiger partial charge in [-0.25, -0.2) is 4.98 Å². The minimum absolute atomic E-state index is 0.582. The Morgan fingerprint density at radius 1 is 1.47 bits per heavy atom. The molecule has 1 aromatic heterocycles. The largest absolute Gasteiger partial charge is 0.382 e. The molecule has 0 amide bonds. The molecule has 0 aliphatic carbocycles. The number of imidazole rings is 1. The van der Waals surface area contributed by atoms with E-state index in [2.05, 4.69) is 33.9 Å². The van der Waals surface area contributed by atoms with E-state index in [4.69, 9.17) is 0 Å². The smallest absolute Gasteiger partial charge is 0.0955 e. The summed E-state index contributed by atoms with van der Waals surface area (Å²) in [6.07, 6.45) is 4.23. The van der Waals surface area contributed by atoms with Gasteiger partial charge < -0.3 is 9.88 Å². The summed E-state index contributed by atoms with van der Waals surface area (Å²) < 4.78 is 2.08. The molecule has 3 nitrogen and oxygen atoms in total. The molecule has 3 heteroatoms. The highest BCUT2D eigenvalue weighted by molar-refractivity contribution is 5.85. The lowest BCUT2D eigenvalue weighted by Gasteiger charge is -2.24. The van der Waals surface area contributed by atoms with Crippen molar-refractivity contribution in [2.75, 3.05) is 5.32 Å². The topological polar surface area (TPSA) is 29.9 Å². The lowest BCUT2D eigenvalue weighted by molar-refractivity contribution is 0.683. The average Bonchev–Trinajstić information content (AvgIpc) is 2.60. The minimum atomic E-state index is 0.582. The van der Waals surface area contributed by atoms with E-state index in [9.17, 15) is 0 Å². The molecule has 1 aliphatic heterocycles. The lowest BCUT2D eigenvalue weighted by Crippen LogP contribution is -2.22. The molecule has 0 saturated carbocycles. The number of fused-ring (bicyclic) bond motifs is 3. The van der Waals surface area contributed by atoms with Crippen LogP contribution in [0.5, 0.6) is 0 Å². The summed E-state index contributed by atoms with van der Waals surface area (Å²) in [4.78, 5) is 4.48. The Balaban J connectivity index is 2.26. The van der Waals surface area contributed by atoms with Crippen LogP contribution >= 0.6 is 0 Å². The van der Waals surface area contributed by atoms with Crippen molar-refractivity contribution in [1.29, 1.82) is 0 Å². The summed E-state index contributed by atoms with van der Waals surface area (Å²) in [6.45, 7) is 2.23. The second-order valence-electron chi connectivity index (χ2n) is 4.40. The molecule has 1 atom stereocenters. The van der Waals surface area contributed by atoms with Gasteiger partial charge in [0, 0.05) is 24.3 Å². The maximum atomic E-state index is 4.48. The van der Waals surface area contributed by atoms with Crippen molar-refractivity contribution in [3.63, 3.8) is 0 Å². The number of aromatic nitrogens is 2. The lowest BCUT2D eigenvalue weighted by atomic mass is 9.98. The van der Waals surface area contributed by atoms with Crippen molar-refractivity contribution in [2.45, 2.75) is 25.8 Å². The first-order valence-corrected chi connectivity index (χ1v) is 5.45. The monoisotopic (exact) mass is 201 g/mol. The van der Waals surface area contributed by atoms with Crippen LogP contribution in [0.15, 0.2) is 18.5 Å². The van der Waals surface area contributed by atoms with E-state index in [1.165, 1.54) is 23.2 Å². The molecule has 2 heterocycles. The summed E-state index contributed by atoms with van der Waals surface area (Å²) in [7, 11) is 2.04. The summed E-state index contributed by atoms with van der Waals surface area (Å²) in [5.41, 5.74) is 5.03. The number of benzene rings is 1. The molecular formula is C12H15N3. The van der Waals surface area contributed by atoms with Crippen molar-refractivity contribution in [1.82, 2.24) is 9.55 Å². The maximum Gasteiger partial charge on any atom is 0.0955 e. The molecule has 0 radical (unpaired) electrons. The number of rotatable bonds is 0. The molecule has 2 aromatic rings. The quantitative estimate of drug-likeness (QED) is 0.709. The number of hydrogen-bond acceptors (Lipinski definition) is 2. The van der Waals surface area contributed by atoms with E-state index in [0.717, 1.165) is 11.9 Å². The van der Waals surface area contributed by atoms with Crippen molar-refractivity contribution < 1.29 is 0 Å². The average molecular weight is 201 g/mol. The van der Waals surface area contributed by atoms with Gasteiger partial charge in [-0.15, -0.1) is 0 Å². The highest BCUT2D eigenvalue weighted by Gasteiger charge is 2.17. The van der Waals surface area contributed by atoms with Gasteiger partial charge in [0.05, 0.1) is 17.4 Å². The number of anilines is 1. The van der Waals surface area contributed by atoms with Gasteiger partial charge >= 0.3 is 0 Å². The zero-order valence-electron chi connectivity index (χ0n) is 9.12. The maximum absolute atomic E-state index is 4.48. The number of aryl methyl sites for hydroxylation is 2. The van der Waals surface area contributed by atoms with Crippen molar-refractivity contribution >= 4 is 16.7 Å². The number of hydrogen-bond donors (Lipinski definition) is 1. The van der Waals surface area contributed by atoms with Crippen LogP contribution in [-0.4, -0.2) is 15.6 Å². The van der Waals surface area contributed by atoms with Gasteiger partial charge in [0.1, 0.15) is 0 Å². The molecule has 1 unspecified atom stereocenters. The Morgan fingerprint density at radius 2 is 2.33 bits per heavy atom. The number of nitrogens with zero attached hydrogens (tertiary/aromatic N) is 2. The van der Waals surface area contributed by atoms with Gasteiger partial charge in [-0.3, -0.25) is 0 Å². The standard InChI is InChI=1S/C12H15N3/c1-8-3-4-9-10(14-8)5-6-11-12(9)13-7-15(11)2/h5-8,14H,3-4H2,1-2H3. The van der Waals surface area contributed by atoms with Crippen molar-refractivity contribution in [3.8, 4) is 0 Å². The molecule has 3 rings (SSSR count). The molecule has 0 spiro atoms. The van der Waals surface area contributed by atoms with Crippen LogP contribution in [0.2, 0.25) is 0 Å². The second kappa shape index (κ2) is 2.99. The molecular weight excluding hydrogens is 186 g/mol. The third-order valence-corrected chi connectivity index (χ3v) is 3.23. The van der Waals surface area contributed by atoms with E-state index >= 15 is 0 Å². The SMILES string of the molecule is CC1CCc2c(ccc3c2ncn3C)N1. The van der Waals surface area contributed by atoms with E-state index in [1.807, 2.05) is 13.4 Å². The fourth-order valence-corrected chi connectivity index (χ4v) is 2.35. The molecule has 78 valence electrons. The highest BCUT2D eigenvalue weighted by atomic mass is 15.0. The van der Waals surface area contributed by atoms with Gasteiger partial charge in [0.25, 0.3) is 0 Å². The first-order valence-electron chi connectivity index (χ1n) is 5.45. The fraction of sp³-hybridized carbons (Fsp3) is 0.417. The predicted octanol–water partition coefficient (Wildman–Crippen LogP) is 2.32. The fourth-order valence-electron chi connectivity index (χ4n) is 2.35. The zero-order valence-corrected chi connectivity index (χ0v) is 9.12. The third kappa shape index (κ3) is 1.23. The zero-order chi connectivity index (χ0) is 10.4. The van der Waals surface area contributed by atoms with Gasteiger partial charge in [0.15, 0.2) is 0 Å². The molecule has 0 bridgehead atoms. The Morgan fingerprint density at radius 3 is 3.20 bits per heavy atom. The van der Waals surface area contributed by atoms with E-state index < -0.39 is 0 Å². The summed E-state index contributed by atoms with van der Waals surface area (Å²) in [5, 5.41) is 3.51. The molecule has 1 aliphatic rings. The third-order valence-electron chi connectivity index (χ3n) is 3.23. The first kappa shape index (κ1) is 8.77.